The minimum Gasteiger partial charge on any atom is -0.316 e. The van der Waals surface area contributed by atoms with Gasteiger partial charge >= 0.3 is 0 Å². The van der Waals surface area contributed by atoms with Crippen LogP contribution in [0.3, 0.4) is 0 Å². The highest BCUT2D eigenvalue weighted by molar-refractivity contribution is 5.28. The summed E-state index contributed by atoms with van der Waals surface area (Å²) in [6.45, 7) is 6.48. The number of hydrogen-bond acceptors (Lipinski definition) is 1. The van der Waals surface area contributed by atoms with E-state index in [9.17, 15) is 0 Å². The van der Waals surface area contributed by atoms with Gasteiger partial charge in [-0.15, -0.1) is 0 Å². The van der Waals surface area contributed by atoms with E-state index < -0.39 is 0 Å². The quantitative estimate of drug-likeness (QED) is 0.747. The molecule has 0 aliphatic carbocycles. The summed E-state index contributed by atoms with van der Waals surface area (Å²) in [5, 5.41) is 3.51. The van der Waals surface area contributed by atoms with Crippen LogP contribution in [0.15, 0.2) is 54.6 Å². The van der Waals surface area contributed by atoms with E-state index in [2.05, 4.69) is 73.8 Å². The number of hydrogen-bond donors (Lipinski definition) is 1. The number of aryl methyl sites for hydroxylation is 1. The molecule has 0 fully saturated rings. The molecule has 1 nitrogen and oxygen atoms in total. The maximum Gasteiger partial charge on any atom is 0.00232 e. The van der Waals surface area contributed by atoms with E-state index in [-0.39, 0.29) is 0 Å². The smallest absolute Gasteiger partial charge is 0.00232 e. The molecule has 0 radical (unpaired) electrons. The van der Waals surface area contributed by atoms with Crippen LogP contribution in [0.25, 0.3) is 0 Å². The minimum atomic E-state index is 0.544. The lowest BCUT2D eigenvalue weighted by Gasteiger charge is -2.18. The predicted octanol–water partition coefficient (Wildman–Crippen LogP) is 4.57. The highest BCUT2D eigenvalue weighted by Crippen LogP contribution is 2.21. The first-order valence-electron chi connectivity index (χ1n) is 8.17. The Morgan fingerprint density at radius 1 is 0.905 bits per heavy atom. The zero-order chi connectivity index (χ0) is 14.9. The van der Waals surface area contributed by atoms with Crippen molar-refractivity contribution in [3.8, 4) is 0 Å². The first kappa shape index (κ1) is 15.8. The van der Waals surface area contributed by atoms with E-state index in [4.69, 9.17) is 0 Å². The van der Waals surface area contributed by atoms with Gasteiger partial charge in [-0.3, -0.25) is 0 Å². The third kappa shape index (κ3) is 5.02. The molecule has 2 aromatic carbocycles. The number of likely N-dealkylation sites (N-methyl/N-ethyl adjacent to an activating group) is 1. The molecule has 0 aliphatic heterocycles. The predicted molar refractivity (Wildman–Crippen MR) is 91.9 cm³/mol. The van der Waals surface area contributed by atoms with E-state index in [1.54, 1.807) is 0 Å². The zero-order valence-corrected chi connectivity index (χ0v) is 13.3. The second kappa shape index (κ2) is 8.63. The highest BCUT2D eigenvalue weighted by atomic mass is 14.8. The molecule has 1 unspecified atom stereocenters. The van der Waals surface area contributed by atoms with Gasteiger partial charge in [0.2, 0.25) is 0 Å². The molecular weight excluding hydrogens is 254 g/mol. The van der Waals surface area contributed by atoms with Gasteiger partial charge in [-0.05, 0) is 36.1 Å². The Hall–Kier alpha value is -1.60. The maximum absolute atomic E-state index is 3.51. The van der Waals surface area contributed by atoms with Gasteiger partial charge in [0, 0.05) is 12.5 Å². The summed E-state index contributed by atoms with van der Waals surface area (Å²) >= 11 is 0. The normalized spacial score (nSPS) is 12.3. The Bertz CT molecular complexity index is 518. The van der Waals surface area contributed by atoms with Crippen molar-refractivity contribution in [2.45, 2.75) is 39.0 Å². The molecule has 1 heteroatoms. The number of rotatable bonds is 8. The van der Waals surface area contributed by atoms with Crippen LogP contribution in [0.1, 0.15) is 42.9 Å². The second-order valence-electron chi connectivity index (χ2n) is 5.69. The van der Waals surface area contributed by atoms with E-state index in [1.165, 1.54) is 29.5 Å². The van der Waals surface area contributed by atoms with Gasteiger partial charge < -0.3 is 5.32 Å². The third-order valence-corrected chi connectivity index (χ3v) is 3.92. The lowest BCUT2D eigenvalue weighted by atomic mass is 9.91. The number of nitrogens with one attached hydrogen (secondary N) is 1. The molecule has 0 spiro atoms. The van der Waals surface area contributed by atoms with E-state index in [1.807, 2.05) is 0 Å². The molecule has 0 aromatic heterocycles. The molecule has 1 atom stereocenters. The summed E-state index contributed by atoms with van der Waals surface area (Å²) in [7, 11) is 0. The first-order valence-corrected chi connectivity index (χ1v) is 8.17. The standard InChI is InChI=1S/C20H27N/c1-3-9-17-10-8-11-18(14-17)15-20(16-21-4-2)19-12-6-5-7-13-19/h5-8,10-14,20-21H,3-4,9,15-16H2,1-2H3. The Labute approximate surface area is 129 Å². The van der Waals surface area contributed by atoms with Crippen LogP contribution >= 0.6 is 0 Å². The second-order valence-corrected chi connectivity index (χ2v) is 5.69. The third-order valence-electron chi connectivity index (χ3n) is 3.92. The van der Waals surface area contributed by atoms with Gasteiger partial charge in [0.05, 0.1) is 0 Å². The molecular formula is C20H27N. The molecule has 0 saturated carbocycles. The molecule has 0 amide bonds. The molecule has 0 aliphatic rings. The van der Waals surface area contributed by atoms with E-state index in [0.29, 0.717) is 5.92 Å². The maximum atomic E-state index is 3.51. The average Bonchev–Trinajstić information content (AvgIpc) is 2.53. The van der Waals surface area contributed by atoms with E-state index in [0.717, 1.165) is 19.5 Å². The van der Waals surface area contributed by atoms with Crippen LogP contribution in [-0.2, 0) is 12.8 Å². The van der Waals surface area contributed by atoms with Crippen molar-refractivity contribution >= 4 is 0 Å². The molecule has 2 rings (SSSR count). The Morgan fingerprint density at radius 3 is 2.38 bits per heavy atom. The van der Waals surface area contributed by atoms with E-state index >= 15 is 0 Å². The fourth-order valence-electron chi connectivity index (χ4n) is 2.84. The lowest BCUT2D eigenvalue weighted by Crippen LogP contribution is -2.22. The Morgan fingerprint density at radius 2 is 1.67 bits per heavy atom. The van der Waals surface area contributed by atoms with Gasteiger partial charge in [0.15, 0.2) is 0 Å². The van der Waals surface area contributed by atoms with Gasteiger partial charge in [-0.2, -0.15) is 0 Å². The van der Waals surface area contributed by atoms with Crippen molar-refractivity contribution in [2.75, 3.05) is 13.1 Å². The van der Waals surface area contributed by atoms with Gasteiger partial charge in [-0.25, -0.2) is 0 Å². The number of benzene rings is 2. The molecule has 2 aromatic rings. The SMILES string of the molecule is CCCc1cccc(CC(CNCC)c2ccccc2)c1. The minimum absolute atomic E-state index is 0.544. The Kier molecular flexibility index (Phi) is 6.49. The highest BCUT2D eigenvalue weighted by Gasteiger charge is 2.12. The van der Waals surface area contributed by atoms with Gasteiger partial charge in [0.1, 0.15) is 0 Å². The van der Waals surface area contributed by atoms with Crippen LogP contribution in [0.2, 0.25) is 0 Å². The summed E-state index contributed by atoms with van der Waals surface area (Å²) in [6, 6.07) is 20.0. The van der Waals surface area contributed by atoms with Crippen molar-refractivity contribution in [3.63, 3.8) is 0 Å². The average molecular weight is 281 g/mol. The first-order chi connectivity index (χ1) is 10.3. The fraction of sp³-hybridized carbons (Fsp3) is 0.400. The molecule has 0 heterocycles. The summed E-state index contributed by atoms with van der Waals surface area (Å²) in [5.74, 6) is 0.544. The van der Waals surface area contributed by atoms with Gasteiger partial charge in [-0.1, -0.05) is 74.9 Å². The monoisotopic (exact) mass is 281 g/mol. The lowest BCUT2D eigenvalue weighted by molar-refractivity contribution is 0.594. The van der Waals surface area contributed by atoms with Crippen molar-refractivity contribution in [1.29, 1.82) is 0 Å². The molecule has 112 valence electrons. The zero-order valence-electron chi connectivity index (χ0n) is 13.3. The van der Waals surface area contributed by atoms with Crippen LogP contribution < -0.4 is 5.32 Å². The van der Waals surface area contributed by atoms with Crippen LogP contribution in [0, 0.1) is 0 Å². The van der Waals surface area contributed by atoms with Crippen LogP contribution in [-0.4, -0.2) is 13.1 Å². The molecule has 0 bridgehead atoms. The Balaban J connectivity index is 2.12. The summed E-state index contributed by atoms with van der Waals surface area (Å²) in [6.07, 6.45) is 3.49. The summed E-state index contributed by atoms with van der Waals surface area (Å²) in [5.41, 5.74) is 4.34. The molecule has 1 N–H and O–H groups in total. The molecule has 0 saturated heterocycles. The summed E-state index contributed by atoms with van der Waals surface area (Å²) in [4.78, 5) is 0. The topological polar surface area (TPSA) is 12.0 Å². The van der Waals surface area contributed by atoms with Crippen molar-refractivity contribution in [3.05, 3.63) is 71.3 Å². The largest absolute Gasteiger partial charge is 0.316 e. The van der Waals surface area contributed by atoms with Crippen molar-refractivity contribution in [1.82, 2.24) is 5.32 Å². The van der Waals surface area contributed by atoms with Crippen LogP contribution in [0.4, 0.5) is 0 Å². The molecule has 21 heavy (non-hydrogen) atoms. The van der Waals surface area contributed by atoms with Crippen molar-refractivity contribution < 1.29 is 0 Å². The fourth-order valence-corrected chi connectivity index (χ4v) is 2.84. The van der Waals surface area contributed by atoms with Crippen molar-refractivity contribution in [2.24, 2.45) is 0 Å². The van der Waals surface area contributed by atoms with Gasteiger partial charge in [0.25, 0.3) is 0 Å². The summed E-state index contributed by atoms with van der Waals surface area (Å²) < 4.78 is 0. The van der Waals surface area contributed by atoms with Crippen LogP contribution in [0.5, 0.6) is 0 Å².